The molecule has 0 spiro atoms. The van der Waals surface area contributed by atoms with Crippen LogP contribution < -0.4 is 5.32 Å². The molecule has 0 amide bonds. The fourth-order valence-corrected chi connectivity index (χ4v) is 4.25. The highest BCUT2D eigenvalue weighted by atomic mass is 32.2. The van der Waals surface area contributed by atoms with E-state index in [1.165, 1.54) is 37.0 Å². The van der Waals surface area contributed by atoms with E-state index in [0.717, 1.165) is 11.7 Å². The first-order chi connectivity index (χ1) is 9.39. The van der Waals surface area contributed by atoms with Crippen LogP contribution in [0, 0.1) is 0 Å². The van der Waals surface area contributed by atoms with Crippen LogP contribution in [0.2, 0.25) is 0 Å². The summed E-state index contributed by atoms with van der Waals surface area (Å²) in [5, 5.41) is 15.3. The van der Waals surface area contributed by atoms with Crippen LogP contribution in [0.4, 0.5) is 5.13 Å². The van der Waals surface area contributed by atoms with Crippen molar-refractivity contribution in [3.63, 3.8) is 0 Å². The Morgan fingerprint density at radius 3 is 2.75 bits per heavy atom. The minimum atomic E-state index is -0.930. The van der Waals surface area contributed by atoms with E-state index in [4.69, 9.17) is 0 Å². The quantitative estimate of drug-likeness (QED) is 0.840. The van der Waals surface area contributed by atoms with Crippen LogP contribution in [0.1, 0.15) is 45.2 Å². The summed E-state index contributed by atoms with van der Waals surface area (Å²) in [5.74, 6) is -0.842. The van der Waals surface area contributed by atoms with Crippen molar-refractivity contribution in [2.24, 2.45) is 0 Å². The fourth-order valence-electron chi connectivity index (χ4n) is 2.46. The summed E-state index contributed by atoms with van der Waals surface area (Å²) in [4.78, 5) is 15.7. The predicted molar refractivity (Wildman–Crippen MR) is 86.0 cm³/mol. The lowest BCUT2D eigenvalue weighted by Crippen LogP contribution is -2.30. The summed E-state index contributed by atoms with van der Waals surface area (Å²) in [6, 6.07) is 0. The second kappa shape index (κ2) is 5.93. The number of thioether (sulfide) groups is 1. The Morgan fingerprint density at radius 1 is 1.55 bits per heavy atom. The molecule has 0 aromatic carbocycles. The smallest absolute Gasteiger partial charge is 0.315 e. The number of hydrogen-bond acceptors (Lipinski definition) is 5. The van der Waals surface area contributed by atoms with Crippen molar-refractivity contribution in [1.82, 2.24) is 4.98 Å². The van der Waals surface area contributed by atoms with Gasteiger partial charge in [-0.25, -0.2) is 4.98 Å². The van der Waals surface area contributed by atoms with Gasteiger partial charge in [-0.15, -0.1) is 11.3 Å². The zero-order chi connectivity index (χ0) is 14.8. The minimum Gasteiger partial charge on any atom is -0.481 e. The van der Waals surface area contributed by atoms with Crippen molar-refractivity contribution >= 4 is 34.2 Å². The summed E-state index contributed by atoms with van der Waals surface area (Å²) < 4.78 is 0.328. The molecule has 112 valence electrons. The normalized spacial score (nSPS) is 18.1. The Bertz CT molecular complexity index is 479. The van der Waals surface area contributed by atoms with Crippen LogP contribution in [-0.2, 0) is 10.2 Å². The average molecular weight is 314 g/mol. The number of aliphatic carboxylic acids is 1. The number of aromatic nitrogens is 1. The molecule has 20 heavy (non-hydrogen) atoms. The molecule has 1 aromatic heterocycles. The Labute approximate surface area is 128 Å². The lowest BCUT2D eigenvalue weighted by atomic mass is 9.90. The Kier molecular flexibility index (Phi) is 4.64. The SMILES string of the molecule is CSC1(CNc2nc(C(C)(C)C(=O)O)cs2)CCCC1. The van der Waals surface area contributed by atoms with Gasteiger partial charge in [0.25, 0.3) is 0 Å². The van der Waals surface area contributed by atoms with Crippen LogP contribution in [0.25, 0.3) is 0 Å². The monoisotopic (exact) mass is 314 g/mol. The first kappa shape index (κ1) is 15.6. The number of hydrogen-bond donors (Lipinski definition) is 2. The van der Waals surface area contributed by atoms with Crippen molar-refractivity contribution in [1.29, 1.82) is 0 Å². The lowest BCUT2D eigenvalue weighted by molar-refractivity contribution is -0.142. The molecule has 0 aliphatic heterocycles. The zero-order valence-corrected chi connectivity index (χ0v) is 13.9. The van der Waals surface area contributed by atoms with E-state index in [1.807, 2.05) is 17.1 Å². The van der Waals surface area contributed by atoms with Gasteiger partial charge in [-0.05, 0) is 32.9 Å². The van der Waals surface area contributed by atoms with Gasteiger partial charge in [-0.1, -0.05) is 12.8 Å². The van der Waals surface area contributed by atoms with Gasteiger partial charge in [0.2, 0.25) is 0 Å². The largest absolute Gasteiger partial charge is 0.481 e. The second-order valence-electron chi connectivity index (χ2n) is 5.92. The second-order valence-corrected chi connectivity index (χ2v) is 8.05. The Morgan fingerprint density at radius 2 is 2.20 bits per heavy atom. The van der Waals surface area contributed by atoms with E-state index >= 15 is 0 Å². The first-order valence-electron chi connectivity index (χ1n) is 6.88. The molecule has 1 fully saturated rings. The third-order valence-corrected chi connectivity index (χ3v) is 6.41. The van der Waals surface area contributed by atoms with Gasteiger partial charge >= 0.3 is 5.97 Å². The Balaban J connectivity index is 2.01. The van der Waals surface area contributed by atoms with Crippen molar-refractivity contribution in [3.8, 4) is 0 Å². The summed E-state index contributed by atoms with van der Waals surface area (Å²) in [7, 11) is 0. The van der Waals surface area contributed by atoms with Crippen molar-refractivity contribution in [3.05, 3.63) is 11.1 Å². The molecule has 0 saturated heterocycles. The lowest BCUT2D eigenvalue weighted by Gasteiger charge is -2.26. The van der Waals surface area contributed by atoms with Crippen LogP contribution in [0.5, 0.6) is 0 Å². The van der Waals surface area contributed by atoms with E-state index in [1.54, 1.807) is 13.8 Å². The van der Waals surface area contributed by atoms with E-state index in [9.17, 15) is 9.90 Å². The molecule has 0 radical (unpaired) electrons. The number of anilines is 1. The minimum absolute atomic E-state index is 0.328. The van der Waals surface area contributed by atoms with Gasteiger partial charge in [0.15, 0.2) is 5.13 Å². The number of rotatable bonds is 6. The first-order valence-corrected chi connectivity index (χ1v) is 8.98. The van der Waals surface area contributed by atoms with Gasteiger partial charge in [-0.3, -0.25) is 4.79 Å². The van der Waals surface area contributed by atoms with Gasteiger partial charge < -0.3 is 10.4 Å². The molecule has 1 aliphatic rings. The van der Waals surface area contributed by atoms with E-state index in [0.29, 0.717) is 10.4 Å². The number of thiazole rings is 1. The van der Waals surface area contributed by atoms with E-state index < -0.39 is 11.4 Å². The van der Waals surface area contributed by atoms with Gasteiger partial charge in [-0.2, -0.15) is 11.8 Å². The highest BCUT2D eigenvalue weighted by Gasteiger charge is 2.34. The zero-order valence-electron chi connectivity index (χ0n) is 12.2. The highest BCUT2D eigenvalue weighted by molar-refractivity contribution is 8.00. The summed E-state index contributed by atoms with van der Waals surface area (Å²) in [6.07, 6.45) is 7.28. The van der Waals surface area contributed by atoms with Crippen LogP contribution >= 0.6 is 23.1 Å². The number of carboxylic acid groups (broad SMARTS) is 1. The summed E-state index contributed by atoms with van der Waals surface area (Å²) in [5.41, 5.74) is -0.303. The molecule has 4 nitrogen and oxygen atoms in total. The molecule has 1 aliphatic carbocycles. The molecule has 2 rings (SSSR count). The van der Waals surface area contributed by atoms with Crippen molar-refractivity contribution in [2.45, 2.75) is 49.7 Å². The standard InChI is InChI=1S/C14H22N2O2S2/c1-13(2,11(17)18)10-8-20-12(16-10)15-9-14(19-3)6-4-5-7-14/h8H,4-7,9H2,1-3H3,(H,15,16)(H,17,18). The molecule has 0 atom stereocenters. The van der Waals surface area contributed by atoms with E-state index in [2.05, 4.69) is 16.6 Å². The number of carbonyl (C=O) groups is 1. The molecular weight excluding hydrogens is 292 g/mol. The topological polar surface area (TPSA) is 62.2 Å². The third kappa shape index (κ3) is 3.11. The predicted octanol–water partition coefficient (Wildman–Crippen LogP) is 3.59. The molecule has 1 heterocycles. The van der Waals surface area contributed by atoms with Gasteiger partial charge in [0.1, 0.15) is 5.41 Å². The maximum Gasteiger partial charge on any atom is 0.315 e. The van der Waals surface area contributed by atoms with Crippen LogP contribution in [0.15, 0.2) is 5.38 Å². The fraction of sp³-hybridized carbons (Fsp3) is 0.714. The van der Waals surface area contributed by atoms with Crippen LogP contribution in [-0.4, -0.2) is 33.6 Å². The molecule has 6 heteroatoms. The third-order valence-electron chi connectivity index (χ3n) is 4.19. The van der Waals surface area contributed by atoms with Crippen molar-refractivity contribution < 1.29 is 9.90 Å². The molecule has 0 unspecified atom stereocenters. The van der Waals surface area contributed by atoms with Gasteiger partial charge in [0.05, 0.1) is 5.69 Å². The average Bonchev–Trinajstić information content (AvgIpc) is 3.06. The Hall–Kier alpha value is -0.750. The number of nitrogens with zero attached hydrogens (tertiary/aromatic N) is 1. The highest BCUT2D eigenvalue weighted by Crippen LogP contribution is 2.40. The maximum atomic E-state index is 11.2. The number of nitrogens with one attached hydrogen (secondary N) is 1. The van der Waals surface area contributed by atoms with Crippen molar-refractivity contribution in [2.75, 3.05) is 18.1 Å². The molecule has 1 saturated carbocycles. The maximum absolute atomic E-state index is 11.2. The van der Waals surface area contributed by atoms with E-state index in [-0.39, 0.29) is 0 Å². The molecule has 0 bridgehead atoms. The van der Waals surface area contributed by atoms with Crippen LogP contribution in [0.3, 0.4) is 0 Å². The molecule has 2 N–H and O–H groups in total. The summed E-state index contributed by atoms with van der Waals surface area (Å²) >= 11 is 3.43. The van der Waals surface area contributed by atoms with Gasteiger partial charge in [0, 0.05) is 16.7 Å². The summed E-state index contributed by atoms with van der Waals surface area (Å²) in [6.45, 7) is 4.29. The number of carboxylic acids is 1. The molecule has 1 aromatic rings. The molecular formula is C14H22N2O2S2.